The van der Waals surface area contributed by atoms with Crippen LogP contribution in [0.3, 0.4) is 0 Å². The zero-order valence-electron chi connectivity index (χ0n) is 21.7. The van der Waals surface area contributed by atoms with Gasteiger partial charge in [0.05, 0.1) is 0 Å². The van der Waals surface area contributed by atoms with E-state index < -0.39 is 8.32 Å². The predicted octanol–water partition coefficient (Wildman–Crippen LogP) is 9.49. The van der Waals surface area contributed by atoms with E-state index in [9.17, 15) is 0 Å². The van der Waals surface area contributed by atoms with Crippen molar-refractivity contribution >= 4 is 8.32 Å². The van der Waals surface area contributed by atoms with E-state index in [0.29, 0.717) is 11.8 Å². The van der Waals surface area contributed by atoms with Gasteiger partial charge in [0.25, 0.3) is 0 Å². The Morgan fingerprint density at radius 3 is 1.88 bits per heavy atom. The summed E-state index contributed by atoms with van der Waals surface area (Å²) in [7, 11) is -1.64. The van der Waals surface area contributed by atoms with Crippen LogP contribution in [0.4, 0.5) is 0 Å². The minimum atomic E-state index is -1.64. The molecule has 0 aromatic heterocycles. The maximum atomic E-state index is 6.43. The van der Waals surface area contributed by atoms with Gasteiger partial charge in [0.15, 0.2) is 8.32 Å². The van der Waals surface area contributed by atoms with Crippen molar-refractivity contribution in [3.8, 4) is 0 Å². The van der Waals surface area contributed by atoms with Crippen molar-refractivity contribution < 1.29 is 4.43 Å². The van der Waals surface area contributed by atoms with Gasteiger partial charge in [-0.1, -0.05) is 99.5 Å². The summed E-state index contributed by atoms with van der Waals surface area (Å²) in [5.41, 5.74) is 4.35. The van der Waals surface area contributed by atoms with E-state index in [1.165, 1.54) is 36.0 Å². The third kappa shape index (κ3) is 8.71. The lowest BCUT2D eigenvalue weighted by atomic mass is 9.81. The Bertz CT molecular complexity index is 798. The standard InChI is InChI=1S/C30H46OSi/c1-25(2)21-22-29(27-18-12-9-13-19-27)24-28(26-16-10-8-11-17-26)20-14-15-23-31-32(6,7)30(3,4)5/h8-13,16-19,21,28-29H,14-15,20,22-24H2,1-7H3. The SMILES string of the molecule is CC(C)=CCC(CC(CCCCO[Si](C)(C)C(C)(C)C)c1ccccc1)c1ccccc1. The Labute approximate surface area is 199 Å². The van der Waals surface area contributed by atoms with E-state index in [0.717, 1.165) is 19.4 Å². The highest BCUT2D eigenvalue weighted by Gasteiger charge is 2.36. The first kappa shape index (κ1) is 26.6. The van der Waals surface area contributed by atoms with E-state index in [-0.39, 0.29) is 5.04 Å². The Balaban J connectivity index is 2.05. The summed E-state index contributed by atoms with van der Waals surface area (Å²) in [6.45, 7) is 17.0. The summed E-state index contributed by atoms with van der Waals surface area (Å²) < 4.78 is 6.43. The second kappa shape index (κ2) is 12.6. The summed E-state index contributed by atoms with van der Waals surface area (Å²) >= 11 is 0. The molecule has 2 aromatic carbocycles. The molecule has 0 aliphatic rings. The molecule has 2 aromatic rings. The first-order valence-electron chi connectivity index (χ1n) is 12.5. The van der Waals surface area contributed by atoms with Crippen LogP contribution in [0, 0.1) is 0 Å². The van der Waals surface area contributed by atoms with Crippen molar-refractivity contribution in [2.75, 3.05) is 6.61 Å². The van der Waals surface area contributed by atoms with Gasteiger partial charge in [-0.15, -0.1) is 0 Å². The lowest BCUT2D eigenvalue weighted by Crippen LogP contribution is -2.40. The fraction of sp³-hybridized carbons (Fsp3) is 0.533. The smallest absolute Gasteiger partial charge is 0.191 e. The molecule has 2 heteroatoms. The van der Waals surface area contributed by atoms with E-state index in [4.69, 9.17) is 4.43 Å². The highest BCUT2D eigenvalue weighted by atomic mass is 28.4. The van der Waals surface area contributed by atoms with Crippen molar-refractivity contribution in [1.82, 2.24) is 0 Å². The van der Waals surface area contributed by atoms with Crippen LogP contribution in [-0.4, -0.2) is 14.9 Å². The van der Waals surface area contributed by atoms with E-state index in [1.54, 1.807) is 0 Å². The van der Waals surface area contributed by atoms with Crippen molar-refractivity contribution in [2.24, 2.45) is 0 Å². The molecule has 0 amide bonds. The highest BCUT2D eigenvalue weighted by Crippen LogP contribution is 2.38. The van der Waals surface area contributed by atoms with E-state index in [2.05, 4.69) is 114 Å². The molecule has 32 heavy (non-hydrogen) atoms. The molecule has 2 unspecified atom stereocenters. The lowest BCUT2D eigenvalue weighted by Gasteiger charge is -2.36. The van der Waals surface area contributed by atoms with Crippen LogP contribution in [0.25, 0.3) is 0 Å². The quantitative estimate of drug-likeness (QED) is 0.178. The van der Waals surface area contributed by atoms with Gasteiger partial charge in [0.1, 0.15) is 0 Å². The number of allylic oxidation sites excluding steroid dienone is 2. The van der Waals surface area contributed by atoms with E-state index >= 15 is 0 Å². The molecule has 0 radical (unpaired) electrons. The number of hydrogen-bond donors (Lipinski definition) is 0. The Hall–Kier alpha value is -1.64. The summed E-state index contributed by atoms with van der Waals surface area (Å²) in [6, 6.07) is 22.2. The Kier molecular flexibility index (Phi) is 10.4. The molecule has 2 rings (SSSR count). The van der Waals surface area contributed by atoms with Crippen LogP contribution < -0.4 is 0 Å². The molecule has 0 spiro atoms. The molecule has 0 saturated carbocycles. The topological polar surface area (TPSA) is 9.23 Å². The second-order valence-electron chi connectivity index (χ2n) is 11.1. The minimum Gasteiger partial charge on any atom is -0.417 e. The molecule has 0 bridgehead atoms. The first-order valence-corrected chi connectivity index (χ1v) is 15.4. The van der Waals surface area contributed by atoms with Gasteiger partial charge in [0.2, 0.25) is 0 Å². The molecule has 2 atom stereocenters. The van der Waals surface area contributed by atoms with Gasteiger partial charge in [0, 0.05) is 6.61 Å². The normalized spacial score (nSPS) is 14.1. The predicted molar refractivity (Wildman–Crippen MR) is 144 cm³/mol. The number of hydrogen-bond acceptors (Lipinski definition) is 1. The fourth-order valence-corrected chi connectivity index (χ4v) is 5.09. The third-order valence-corrected chi connectivity index (χ3v) is 11.7. The minimum absolute atomic E-state index is 0.285. The molecule has 0 aliphatic heterocycles. The number of rotatable bonds is 12. The van der Waals surface area contributed by atoms with Crippen LogP contribution in [0.2, 0.25) is 18.1 Å². The molecule has 0 saturated heterocycles. The zero-order chi connectivity index (χ0) is 23.6. The Morgan fingerprint density at radius 1 is 0.844 bits per heavy atom. The van der Waals surface area contributed by atoms with Gasteiger partial charge in [-0.2, -0.15) is 0 Å². The van der Waals surface area contributed by atoms with Crippen molar-refractivity contribution in [3.05, 3.63) is 83.4 Å². The van der Waals surface area contributed by atoms with Crippen molar-refractivity contribution in [3.63, 3.8) is 0 Å². The van der Waals surface area contributed by atoms with Crippen LogP contribution >= 0.6 is 0 Å². The second-order valence-corrected chi connectivity index (χ2v) is 15.9. The lowest BCUT2D eigenvalue weighted by molar-refractivity contribution is 0.275. The molecule has 0 heterocycles. The van der Waals surface area contributed by atoms with Crippen LogP contribution in [0.15, 0.2) is 72.3 Å². The average Bonchev–Trinajstić information content (AvgIpc) is 2.75. The maximum absolute atomic E-state index is 6.43. The first-order chi connectivity index (χ1) is 15.1. The Morgan fingerprint density at radius 2 is 1.38 bits per heavy atom. The maximum Gasteiger partial charge on any atom is 0.191 e. The van der Waals surface area contributed by atoms with Crippen molar-refractivity contribution in [2.45, 2.75) is 96.7 Å². The van der Waals surface area contributed by atoms with Crippen LogP contribution in [0.5, 0.6) is 0 Å². The van der Waals surface area contributed by atoms with Gasteiger partial charge in [-0.3, -0.25) is 0 Å². The number of benzene rings is 2. The molecular weight excluding hydrogens is 404 g/mol. The monoisotopic (exact) mass is 450 g/mol. The highest BCUT2D eigenvalue weighted by molar-refractivity contribution is 6.74. The largest absolute Gasteiger partial charge is 0.417 e. The van der Waals surface area contributed by atoms with E-state index in [1.807, 2.05) is 0 Å². The van der Waals surface area contributed by atoms with Crippen LogP contribution in [0.1, 0.15) is 89.7 Å². The molecule has 176 valence electrons. The van der Waals surface area contributed by atoms with Gasteiger partial charge in [-0.25, -0.2) is 0 Å². The molecular formula is C30H46OSi. The van der Waals surface area contributed by atoms with Crippen LogP contribution in [-0.2, 0) is 4.43 Å². The third-order valence-electron chi connectivity index (χ3n) is 7.14. The molecule has 0 N–H and O–H groups in total. The summed E-state index contributed by atoms with van der Waals surface area (Å²) in [5.74, 6) is 1.14. The summed E-state index contributed by atoms with van der Waals surface area (Å²) in [4.78, 5) is 0. The fourth-order valence-electron chi connectivity index (χ4n) is 4.00. The van der Waals surface area contributed by atoms with Crippen molar-refractivity contribution in [1.29, 1.82) is 0 Å². The summed E-state index contributed by atoms with van der Waals surface area (Å²) in [5, 5.41) is 0.285. The zero-order valence-corrected chi connectivity index (χ0v) is 22.7. The van der Waals surface area contributed by atoms with Gasteiger partial charge < -0.3 is 4.43 Å². The number of unbranched alkanes of at least 4 members (excludes halogenated alkanes) is 1. The summed E-state index contributed by atoms with van der Waals surface area (Å²) in [6.07, 6.45) is 8.32. The average molecular weight is 451 g/mol. The van der Waals surface area contributed by atoms with Gasteiger partial charge >= 0.3 is 0 Å². The van der Waals surface area contributed by atoms with Gasteiger partial charge in [-0.05, 0) is 80.6 Å². The molecule has 0 fully saturated rings. The molecule has 1 nitrogen and oxygen atoms in total. The molecule has 0 aliphatic carbocycles.